The van der Waals surface area contributed by atoms with Crippen molar-refractivity contribution < 1.29 is 5.11 Å². The van der Waals surface area contributed by atoms with Crippen LogP contribution in [0.5, 0.6) is 5.75 Å². The van der Waals surface area contributed by atoms with Crippen molar-refractivity contribution in [2.45, 2.75) is 32.1 Å². The van der Waals surface area contributed by atoms with Crippen LogP contribution < -0.4 is 0 Å². The molecule has 0 bridgehead atoms. The van der Waals surface area contributed by atoms with Crippen LogP contribution in [0.4, 0.5) is 0 Å². The molecular formula is C23H28N2O. The molecule has 3 nitrogen and oxygen atoms in total. The van der Waals surface area contributed by atoms with Gasteiger partial charge < -0.3 is 10.0 Å². The first-order chi connectivity index (χ1) is 12.2. The predicted octanol–water partition coefficient (Wildman–Crippen LogP) is 4.72. The summed E-state index contributed by atoms with van der Waals surface area (Å²) < 4.78 is 0. The minimum atomic E-state index is 0.0672. The Morgan fingerprint density at radius 1 is 1.04 bits per heavy atom. The van der Waals surface area contributed by atoms with E-state index in [0.717, 1.165) is 29.1 Å². The summed E-state index contributed by atoms with van der Waals surface area (Å²) in [5, 5.41) is 9.90. The summed E-state index contributed by atoms with van der Waals surface area (Å²) >= 11 is 0. The summed E-state index contributed by atoms with van der Waals surface area (Å²) in [5.41, 5.74) is 5.77. The first-order valence-corrected chi connectivity index (χ1v) is 9.08. The molecule has 26 heavy (non-hydrogen) atoms. The van der Waals surface area contributed by atoms with Gasteiger partial charge in [0, 0.05) is 12.5 Å². The number of aliphatic imine (C=N–C) groups is 1. The van der Waals surface area contributed by atoms with Gasteiger partial charge in [0.1, 0.15) is 5.75 Å². The Morgan fingerprint density at radius 3 is 2.31 bits per heavy atom. The standard InChI is InChI=1S/C23H28N2O/c1-23(2,3)18-11-9-16(10-12-18)22-21(14-19(24-22)15-25(4)5)17-7-6-8-20(26)13-17/h6-14,21,26H,15H2,1-5H3. The van der Waals surface area contributed by atoms with Crippen LogP contribution in [0.15, 0.2) is 65.3 Å². The SMILES string of the molecule is CN(C)CC1=CC(c2cccc(O)c2)C(c2ccc(C(C)(C)C)cc2)=N1. The Hall–Kier alpha value is -2.39. The average molecular weight is 348 g/mol. The van der Waals surface area contributed by atoms with E-state index < -0.39 is 0 Å². The fourth-order valence-electron chi connectivity index (χ4n) is 3.30. The van der Waals surface area contributed by atoms with Gasteiger partial charge in [0.2, 0.25) is 0 Å². The minimum Gasteiger partial charge on any atom is -0.508 e. The molecule has 0 aliphatic carbocycles. The lowest BCUT2D eigenvalue weighted by molar-refractivity contribution is 0.444. The molecule has 0 spiro atoms. The van der Waals surface area contributed by atoms with Gasteiger partial charge in [0.25, 0.3) is 0 Å². The summed E-state index contributed by atoms with van der Waals surface area (Å²) in [6, 6.07) is 16.2. The molecule has 0 saturated carbocycles. The highest BCUT2D eigenvalue weighted by Gasteiger charge is 2.25. The number of rotatable bonds is 4. The van der Waals surface area contributed by atoms with Crippen molar-refractivity contribution in [2.75, 3.05) is 20.6 Å². The van der Waals surface area contributed by atoms with Crippen molar-refractivity contribution in [2.24, 2.45) is 4.99 Å². The Kier molecular flexibility index (Phi) is 5.01. The van der Waals surface area contributed by atoms with Gasteiger partial charge in [-0.05, 0) is 54.4 Å². The normalized spacial score (nSPS) is 17.4. The Balaban J connectivity index is 1.99. The van der Waals surface area contributed by atoms with Crippen molar-refractivity contribution in [3.8, 4) is 5.75 Å². The van der Waals surface area contributed by atoms with Crippen molar-refractivity contribution in [1.82, 2.24) is 4.90 Å². The van der Waals surface area contributed by atoms with Gasteiger partial charge in [-0.3, -0.25) is 4.99 Å². The molecule has 0 saturated heterocycles. The molecule has 1 heterocycles. The van der Waals surface area contributed by atoms with E-state index in [9.17, 15) is 5.11 Å². The number of nitrogens with zero attached hydrogens (tertiary/aromatic N) is 2. The van der Waals surface area contributed by atoms with Gasteiger partial charge >= 0.3 is 0 Å². The van der Waals surface area contributed by atoms with Crippen LogP contribution in [-0.4, -0.2) is 36.4 Å². The highest BCUT2D eigenvalue weighted by Crippen LogP contribution is 2.33. The largest absolute Gasteiger partial charge is 0.508 e. The number of phenols is 1. The molecule has 2 aromatic carbocycles. The van der Waals surface area contributed by atoms with E-state index in [0.29, 0.717) is 5.75 Å². The maximum absolute atomic E-state index is 9.90. The lowest BCUT2D eigenvalue weighted by atomic mass is 9.85. The monoisotopic (exact) mass is 348 g/mol. The molecule has 1 N–H and O–H groups in total. The minimum absolute atomic E-state index is 0.0672. The fraction of sp³-hybridized carbons (Fsp3) is 0.348. The van der Waals surface area contributed by atoms with Crippen LogP contribution in [0.3, 0.4) is 0 Å². The van der Waals surface area contributed by atoms with Gasteiger partial charge in [-0.25, -0.2) is 0 Å². The predicted molar refractivity (Wildman–Crippen MR) is 109 cm³/mol. The van der Waals surface area contributed by atoms with E-state index in [2.05, 4.69) is 76.2 Å². The van der Waals surface area contributed by atoms with E-state index in [-0.39, 0.29) is 11.3 Å². The average Bonchev–Trinajstić information content (AvgIpc) is 2.97. The Bertz CT molecular complexity index is 839. The van der Waals surface area contributed by atoms with Crippen molar-refractivity contribution in [3.63, 3.8) is 0 Å². The number of benzene rings is 2. The molecule has 1 aliphatic rings. The summed E-state index contributed by atoms with van der Waals surface area (Å²) in [6.07, 6.45) is 2.21. The van der Waals surface area contributed by atoms with E-state index in [1.54, 1.807) is 6.07 Å². The molecule has 0 fully saturated rings. The molecule has 1 aliphatic heterocycles. The van der Waals surface area contributed by atoms with Gasteiger partial charge in [-0.1, -0.05) is 57.2 Å². The first kappa shape index (κ1) is 18.4. The first-order valence-electron chi connectivity index (χ1n) is 9.08. The lowest BCUT2D eigenvalue weighted by Gasteiger charge is -2.20. The van der Waals surface area contributed by atoms with Crippen LogP contribution in [0.25, 0.3) is 0 Å². The highest BCUT2D eigenvalue weighted by molar-refractivity contribution is 6.08. The molecule has 3 heteroatoms. The number of likely N-dealkylation sites (N-methyl/N-ethyl adjacent to an activating group) is 1. The molecule has 136 valence electrons. The summed E-state index contributed by atoms with van der Waals surface area (Å²) in [5.74, 6) is 0.358. The fourth-order valence-corrected chi connectivity index (χ4v) is 3.30. The third kappa shape index (κ3) is 4.05. The second kappa shape index (κ2) is 7.08. The van der Waals surface area contributed by atoms with Gasteiger partial charge in [0.15, 0.2) is 0 Å². The maximum atomic E-state index is 9.90. The second-order valence-electron chi connectivity index (χ2n) is 8.29. The summed E-state index contributed by atoms with van der Waals surface area (Å²) in [7, 11) is 4.10. The smallest absolute Gasteiger partial charge is 0.115 e. The van der Waals surface area contributed by atoms with Crippen LogP contribution in [0, 0.1) is 0 Å². The van der Waals surface area contributed by atoms with Gasteiger partial charge in [0.05, 0.1) is 11.4 Å². The molecule has 0 amide bonds. The number of hydrogen-bond acceptors (Lipinski definition) is 3. The van der Waals surface area contributed by atoms with Crippen LogP contribution >= 0.6 is 0 Å². The Morgan fingerprint density at radius 2 is 1.73 bits per heavy atom. The maximum Gasteiger partial charge on any atom is 0.115 e. The third-order valence-corrected chi connectivity index (χ3v) is 4.67. The van der Waals surface area contributed by atoms with Crippen LogP contribution in [0.2, 0.25) is 0 Å². The molecule has 0 radical (unpaired) electrons. The number of phenolic OH excluding ortho intramolecular Hbond substituents is 1. The highest BCUT2D eigenvalue weighted by atomic mass is 16.3. The quantitative estimate of drug-likeness (QED) is 0.868. The van der Waals surface area contributed by atoms with E-state index in [1.165, 1.54) is 5.56 Å². The number of hydrogen-bond donors (Lipinski definition) is 1. The zero-order chi connectivity index (χ0) is 18.9. The molecule has 1 unspecified atom stereocenters. The molecule has 0 aromatic heterocycles. The van der Waals surface area contributed by atoms with Crippen LogP contribution in [0.1, 0.15) is 43.4 Å². The second-order valence-corrected chi connectivity index (χ2v) is 8.29. The van der Waals surface area contributed by atoms with Crippen molar-refractivity contribution in [1.29, 1.82) is 0 Å². The van der Waals surface area contributed by atoms with Crippen LogP contribution in [-0.2, 0) is 5.41 Å². The number of allylic oxidation sites excluding steroid dienone is 1. The summed E-state index contributed by atoms with van der Waals surface area (Å²) in [4.78, 5) is 7.06. The van der Waals surface area contributed by atoms with Crippen molar-refractivity contribution >= 4 is 5.71 Å². The zero-order valence-electron chi connectivity index (χ0n) is 16.3. The zero-order valence-corrected chi connectivity index (χ0v) is 16.3. The van der Waals surface area contributed by atoms with E-state index in [4.69, 9.17) is 4.99 Å². The molecule has 3 rings (SSSR count). The topological polar surface area (TPSA) is 35.8 Å². The molecular weight excluding hydrogens is 320 g/mol. The van der Waals surface area contributed by atoms with Gasteiger partial charge in [-0.2, -0.15) is 0 Å². The molecule has 1 atom stereocenters. The summed E-state index contributed by atoms with van der Waals surface area (Å²) in [6.45, 7) is 7.48. The lowest BCUT2D eigenvalue weighted by Crippen LogP contribution is -2.13. The Labute approximate surface area is 156 Å². The third-order valence-electron chi connectivity index (χ3n) is 4.67. The van der Waals surface area contributed by atoms with Gasteiger partial charge in [-0.15, -0.1) is 0 Å². The van der Waals surface area contributed by atoms with Crippen molar-refractivity contribution in [3.05, 3.63) is 77.0 Å². The number of aromatic hydroxyl groups is 1. The van der Waals surface area contributed by atoms with E-state index >= 15 is 0 Å². The molecule has 2 aromatic rings. The van der Waals surface area contributed by atoms with E-state index in [1.807, 2.05) is 12.1 Å².